The summed E-state index contributed by atoms with van der Waals surface area (Å²) in [5.74, 6) is 1.85. The molecule has 6 aromatic carbocycles. The maximum atomic E-state index is 6.47. The smallest absolute Gasteiger partial charge is 0.132 e. The summed E-state index contributed by atoms with van der Waals surface area (Å²) in [6, 6.07) is 43.9. The van der Waals surface area contributed by atoms with Crippen LogP contribution in [0.15, 0.2) is 121 Å². The molecule has 0 fully saturated rings. The lowest BCUT2D eigenvalue weighted by Gasteiger charge is -2.39. The predicted octanol–water partition coefficient (Wildman–Crippen LogP) is 8.94. The van der Waals surface area contributed by atoms with E-state index in [1.54, 1.807) is 0 Å². The van der Waals surface area contributed by atoms with Crippen LogP contribution in [0, 0.1) is 0 Å². The molecule has 0 saturated heterocycles. The highest BCUT2D eigenvalue weighted by molar-refractivity contribution is 6.21. The number of fused-ring (bicyclic) bond motifs is 14. The summed E-state index contributed by atoms with van der Waals surface area (Å²) in [6.45, 7) is 0. The van der Waals surface area contributed by atoms with Crippen LogP contribution in [-0.4, -0.2) is 4.98 Å². The number of hydrogen-bond donors (Lipinski definition) is 1. The predicted molar refractivity (Wildman–Crippen MR) is 151 cm³/mol. The van der Waals surface area contributed by atoms with Gasteiger partial charge < -0.3 is 9.72 Å². The highest BCUT2D eigenvalue weighted by Gasteiger charge is 2.51. The van der Waals surface area contributed by atoms with E-state index in [4.69, 9.17) is 4.74 Å². The second-order valence-corrected chi connectivity index (χ2v) is 10.2. The van der Waals surface area contributed by atoms with E-state index >= 15 is 0 Å². The fraction of sp³-hybridized carbons (Fsp3) is 0.0286. The zero-order chi connectivity index (χ0) is 24.1. The molecule has 0 radical (unpaired) electrons. The molecular weight excluding hydrogens is 450 g/mol. The van der Waals surface area contributed by atoms with Gasteiger partial charge in [-0.25, -0.2) is 0 Å². The zero-order valence-corrected chi connectivity index (χ0v) is 20.0. The van der Waals surface area contributed by atoms with Crippen LogP contribution in [0.4, 0.5) is 0 Å². The number of rotatable bonds is 0. The van der Waals surface area contributed by atoms with Crippen LogP contribution >= 0.6 is 0 Å². The summed E-state index contributed by atoms with van der Waals surface area (Å²) in [5, 5.41) is 5.11. The number of aromatic amines is 1. The molecule has 2 nitrogen and oxygen atoms in total. The van der Waals surface area contributed by atoms with Crippen LogP contribution in [0.2, 0.25) is 0 Å². The molecule has 172 valence electrons. The Hall–Kier alpha value is -4.82. The first-order valence-electron chi connectivity index (χ1n) is 12.8. The summed E-state index contributed by atoms with van der Waals surface area (Å²) in [6.07, 6.45) is 0. The third kappa shape index (κ3) is 2.27. The molecule has 0 saturated carbocycles. The number of ether oxygens (including phenoxy) is 1. The topological polar surface area (TPSA) is 25.0 Å². The lowest BCUT2D eigenvalue weighted by molar-refractivity contribution is 0.436. The number of hydrogen-bond acceptors (Lipinski definition) is 1. The molecule has 0 atom stereocenters. The number of benzene rings is 6. The first kappa shape index (κ1) is 19.4. The number of para-hydroxylation sites is 2. The van der Waals surface area contributed by atoms with Gasteiger partial charge in [0.1, 0.15) is 11.5 Å². The highest BCUT2D eigenvalue weighted by Crippen LogP contribution is 2.62. The molecule has 1 N–H and O–H groups in total. The average Bonchev–Trinajstić information content (AvgIpc) is 3.46. The minimum absolute atomic E-state index is 0.440. The Morgan fingerprint density at radius 1 is 0.486 bits per heavy atom. The van der Waals surface area contributed by atoms with Crippen molar-refractivity contribution in [3.05, 3.63) is 144 Å². The standard InChI is InChI=1S/C35H21NO/c1-2-10-22-21(9-1)17-18-30-34(22)25-19-24-23-11-3-4-12-26(23)35(29(24)20-31(25)36-30)27-13-5-7-15-32(27)37-33-16-8-6-14-28(33)35/h1-20,36H. The Morgan fingerprint density at radius 2 is 1.16 bits per heavy atom. The first-order valence-corrected chi connectivity index (χ1v) is 12.8. The molecule has 1 aliphatic heterocycles. The van der Waals surface area contributed by atoms with Crippen molar-refractivity contribution in [1.82, 2.24) is 4.98 Å². The Kier molecular flexibility index (Phi) is 3.50. The van der Waals surface area contributed by atoms with Gasteiger partial charge in [0.15, 0.2) is 0 Å². The van der Waals surface area contributed by atoms with Crippen LogP contribution in [-0.2, 0) is 5.41 Å². The first-order chi connectivity index (χ1) is 18.3. The van der Waals surface area contributed by atoms with Gasteiger partial charge >= 0.3 is 0 Å². The van der Waals surface area contributed by atoms with Crippen molar-refractivity contribution in [2.45, 2.75) is 5.41 Å². The van der Waals surface area contributed by atoms with E-state index in [0.29, 0.717) is 0 Å². The van der Waals surface area contributed by atoms with Crippen molar-refractivity contribution >= 4 is 32.6 Å². The van der Waals surface area contributed by atoms with E-state index in [1.165, 1.54) is 66.0 Å². The van der Waals surface area contributed by atoms with E-state index in [2.05, 4.69) is 126 Å². The van der Waals surface area contributed by atoms with E-state index in [-0.39, 0.29) is 0 Å². The molecular formula is C35H21NO. The van der Waals surface area contributed by atoms with Gasteiger partial charge in [0.2, 0.25) is 0 Å². The highest BCUT2D eigenvalue weighted by atomic mass is 16.5. The molecule has 1 aromatic heterocycles. The van der Waals surface area contributed by atoms with Gasteiger partial charge in [0.05, 0.1) is 5.41 Å². The molecule has 0 bridgehead atoms. The van der Waals surface area contributed by atoms with Crippen LogP contribution < -0.4 is 4.74 Å². The van der Waals surface area contributed by atoms with Crippen molar-refractivity contribution < 1.29 is 4.74 Å². The van der Waals surface area contributed by atoms with Gasteiger partial charge in [-0.3, -0.25) is 0 Å². The minimum Gasteiger partial charge on any atom is -0.457 e. The summed E-state index contributed by atoms with van der Waals surface area (Å²) in [5.41, 5.74) is 9.50. The minimum atomic E-state index is -0.440. The molecule has 0 amide bonds. The summed E-state index contributed by atoms with van der Waals surface area (Å²) < 4.78 is 6.47. The van der Waals surface area contributed by atoms with Gasteiger partial charge in [-0.1, -0.05) is 91.0 Å². The van der Waals surface area contributed by atoms with Gasteiger partial charge in [0, 0.05) is 32.9 Å². The van der Waals surface area contributed by atoms with E-state index in [9.17, 15) is 0 Å². The Morgan fingerprint density at radius 3 is 1.97 bits per heavy atom. The Balaban J connectivity index is 1.49. The van der Waals surface area contributed by atoms with Crippen LogP contribution in [0.3, 0.4) is 0 Å². The molecule has 2 heterocycles. The summed E-state index contributed by atoms with van der Waals surface area (Å²) in [4.78, 5) is 3.77. The van der Waals surface area contributed by atoms with Crippen molar-refractivity contribution in [2.75, 3.05) is 0 Å². The van der Waals surface area contributed by atoms with Crippen molar-refractivity contribution in [3.63, 3.8) is 0 Å². The molecule has 2 heteroatoms. The SMILES string of the molecule is c1ccc2c(c1)Oc1ccccc1C21c2ccccc2-c2cc3c(cc21)[nH]c1ccc2ccccc2c13. The number of nitrogens with one attached hydrogen (secondary N) is 1. The van der Waals surface area contributed by atoms with Crippen LogP contribution in [0.1, 0.15) is 22.3 Å². The van der Waals surface area contributed by atoms with E-state index in [1.807, 2.05) is 0 Å². The summed E-state index contributed by atoms with van der Waals surface area (Å²) in [7, 11) is 0. The largest absolute Gasteiger partial charge is 0.457 e. The lowest BCUT2D eigenvalue weighted by atomic mass is 9.66. The third-order valence-electron chi connectivity index (χ3n) is 8.45. The van der Waals surface area contributed by atoms with Crippen LogP contribution in [0.25, 0.3) is 43.7 Å². The molecule has 2 aliphatic rings. The van der Waals surface area contributed by atoms with Gasteiger partial charge in [0.25, 0.3) is 0 Å². The van der Waals surface area contributed by atoms with E-state index < -0.39 is 5.41 Å². The molecule has 0 unspecified atom stereocenters. The fourth-order valence-electron chi connectivity index (χ4n) is 7.02. The maximum absolute atomic E-state index is 6.47. The van der Waals surface area contributed by atoms with Crippen molar-refractivity contribution in [1.29, 1.82) is 0 Å². The van der Waals surface area contributed by atoms with Crippen molar-refractivity contribution in [2.24, 2.45) is 0 Å². The monoisotopic (exact) mass is 471 g/mol. The second kappa shape index (κ2) is 6.68. The maximum Gasteiger partial charge on any atom is 0.132 e. The fourth-order valence-corrected chi connectivity index (χ4v) is 7.02. The van der Waals surface area contributed by atoms with E-state index in [0.717, 1.165) is 11.5 Å². The van der Waals surface area contributed by atoms with Gasteiger partial charge in [-0.15, -0.1) is 0 Å². The Labute approximate surface area is 213 Å². The zero-order valence-electron chi connectivity index (χ0n) is 20.0. The molecule has 7 aromatic rings. The quantitative estimate of drug-likeness (QED) is 0.235. The number of aromatic nitrogens is 1. The molecule has 1 spiro atoms. The van der Waals surface area contributed by atoms with Crippen LogP contribution in [0.5, 0.6) is 11.5 Å². The normalized spacial score (nSPS) is 14.4. The Bertz CT molecular complexity index is 2030. The lowest BCUT2D eigenvalue weighted by Crippen LogP contribution is -2.32. The molecule has 9 rings (SSSR count). The summed E-state index contributed by atoms with van der Waals surface area (Å²) >= 11 is 0. The average molecular weight is 472 g/mol. The van der Waals surface area contributed by atoms with Gasteiger partial charge in [-0.05, 0) is 63.4 Å². The molecule has 1 aliphatic carbocycles. The number of H-pyrrole nitrogens is 1. The van der Waals surface area contributed by atoms with Crippen molar-refractivity contribution in [3.8, 4) is 22.6 Å². The second-order valence-electron chi connectivity index (χ2n) is 10.2. The third-order valence-corrected chi connectivity index (χ3v) is 8.45. The molecule has 37 heavy (non-hydrogen) atoms. The van der Waals surface area contributed by atoms with Gasteiger partial charge in [-0.2, -0.15) is 0 Å².